The van der Waals surface area contributed by atoms with Crippen molar-refractivity contribution in [3.63, 3.8) is 0 Å². The lowest BCUT2D eigenvalue weighted by molar-refractivity contribution is -0.199. The van der Waals surface area contributed by atoms with Gasteiger partial charge in [0.2, 0.25) is 0 Å². The molecular weight excluding hydrogens is 271 g/mol. The molecule has 3 unspecified atom stereocenters. The van der Waals surface area contributed by atoms with Crippen LogP contribution in [-0.4, -0.2) is 13.2 Å². The number of aryl methyl sites for hydroxylation is 1. The third kappa shape index (κ3) is 3.31. The number of halogens is 3. The standard InChI is InChI=1S/C14H20F3NS/c1-9-7-8-12(19-9)13(18-2)10-5-3-4-6-11(10)14(15,16)17/h7-8,10-11,13,18H,3-6H2,1-2H3. The van der Waals surface area contributed by atoms with Crippen LogP contribution in [-0.2, 0) is 0 Å². The van der Waals surface area contributed by atoms with Gasteiger partial charge in [0.25, 0.3) is 0 Å². The molecule has 1 N–H and O–H groups in total. The first-order chi connectivity index (χ1) is 8.93. The van der Waals surface area contributed by atoms with E-state index in [-0.39, 0.29) is 18.4 Å². The highest BCUT2D eigenvalue weighted by atomic mass is 32.1. The smallest absolute Gasteiger partial charge is 0.312 e. The molecule has 1 aliphatic rings. The van der Waals surface area contributed by atoms with Crippen molar-refractivity contribution >= 4 is 11.3 Å². The van der Waals surface area contributed by atoms with Crippen LogP contribution in [0, 0.1) is 18.8 Å². The quantitative estimate of drug-likeness (QED) is 0.852. The van der Waals surface area contributed by atoms with Gasteiger partial charge in [-0.05, 0) is 44.9 Å². The Morgan fingerprint density at radius 3 is 2.47 bits per heavy atom. The van der Waals surface area contributed by atoms with Gasteiger partial charge < -0.3 is 5.32 Å². The van der Waals surface area contributed by atoms with Gasteiger partial charge in [0.1, 0.15) is 0 Å². The molecule has 3 atom stereocenters. The number of hydrogen-bond acceptors (Lipinski definition) is 2. The first-order valence-electron chi connectivity index (χ1n) is 6.74. The maximum atomic E-state index is 13.2. The van der Waals surface area contributed by atoms with Crippen molar-refractivity contribution < 1.29 is 13.2 Å². The van der Waals surface area contributed by atoms with Gasteiger partial charge in [0.05, 0.1) is 5.92 Å². The second-order valence-electron chi connectivity index (χ2n) is 5.31. The molecule has 2 rings (SSSR count). The molecular formula is C14H20F3NS. The molecule has 0 aliphatic heterocycles. The van der Waals surface area contributed by atoms with Crippen LogP contribution in [0.5, 0.6) is 0 Å². The van der Waals surface area contributed by atoms with Crippen molar-refractivity contribution in [3.8, 4) is 0 Å². The van der Waals surface area contributed by atoms with Crippen molar-refractivity contribution in [2.75, 3.05) is 7.05 Å². The predicted molar refractivity (Wildman–Crippen MR) is 72.4 cm³/mol. The van der Waals surface area contributed by atoms with E-state index in [1.807, 2.05) is 19.1 Å². The molecule has 1 aromatic heterocycles. The van der Waals surface area contributed by atoms with Crippen LogP contribution in [0.25, 0.3) is 0 Å². The Balaban J connectivity index is 2.24. The first kappa shape index (κ1) is 14.9. The molecule has 0 radical (unpaired) electrons. The van der Waals surface area contributed by atoms with E-state index in [9.17, 15) is 13.2 Å². The van der Waals surface area contributed by atoms with E-state index in [1.165, 1.54) is 0 Å². The largest absolute Gasteiger partial charge is 0.392 e. The lowest BCUT2D eigenvalue weighted by Crippen LogP contribution is -2.39. The summed E-state index contributed by atoms with van der Waals surface area (Å²) in [5.74, 6) is -1.50. The zero-order valence-corrected chi connectivity index (χ0v) is 12.1. The Hall–Kier alpha value is -0.550. The van der Waals surface area contributed by atoms with E-state index in [0.717, 1.165) is 16.2 Å². The Labute approximate surface area is 116 Å². The first-order valence-corrected chi connectivity index (χ1v) is 7.55. The Bertz CT molecular complexity index is 413. The van der Waals surface area contributed by atoms with E-state index in [1.54, 1.807) is 18.4 Å². The summed E-state index contributed by atoms with van der Waals surface area (Å²) in [7, 11) is 1.77. The van der Waals surface area contributed by atoms with Crippen LogP contribution in [0.15, 0.2) is 12.1 Å². The van der Waals surface area contributed by atoms with Crippen LogP contribution in [0.2, 0.25) is 0 Å². The second kappa shape index (κ2) is 5.83. The summed E-state index contributed by atoms with van der Waals surface area (Å²) in [5.41, 5.74) is 0. The van der Waals surface area contributed by atoms with Gasteiger partial charge in [-0.2, -0.15) is 13.2 Å². The normalized spacial score (nSPS) is 26.4. The van der Waals surface area contributed by atoms with Gasteiger partial charge in [-0.1, -0.05) is 12.8 Å². The minimum absolute atomic E-state index is 0.175. The van der Waals surface area contributed by atoms with Crippen molar-refractivity contribution in [1.82, 2.24) is 5.32 Å². The number of thiophene rings is 1. The fourth-order valence-electron chi connectivity index (χ4n) is 3.15. The average Bonchev–Trinajstić information content (AvgIpc) is 2.76. The fourth-order valence-corrected chi connectivity index (χ4v) is 4.22. The summed E-state index contributed by atoms with van der Waals surface area (Å²) < 4.78 is 39.6. The summed E-state index contributed by atoms with van der Waals surface area (Å²) in [5, 5.41) is 3.11. The third-order valence-corrected chi connectivity index (χ3v) is 5.13. The highest BCUT2D eigenvalue weighted by molar-refractivity contribution is 7.12. The fraction of sp³-hybridized carbons (Fsp3) is 0.714. The monoisotopic (exact) mass is 291 g/mol. The highest BCUT2D eigenvalue weighted by Crippen LogP contribution is 2.47. The SMILES string of the molecule is CNC(c1ccc(C)s1)C1CCCCC1C(F)(F)F. The van der Waals surface area contributed by atoms with Crippen molar-refractivity contribution in [1.29, 1.82) is 0 Å². The number of nitrogens with one attached hydrogen (secondary N) is 1. The molecule has 19 heavy (non-hydrogen) atoms. The van der Waals surface area contributed by atoms with Gasteiger partial charge >= 0.3 is 6.18 Å². The minimum Gasteiger partial charge on any atom is -0.312 e. The van der Waals surface area contributed by atoms with Crippen molar-refractivity contribution in [2.24, 2.45) is 11.8 Å². The molecule has 1 saturated carbocycles. The van der Waals surface area contributed by atoms with Crippen LogP contribution in [0.3, 0.4) is 0 Å². The highest BCUT2D eigenvalue weighted by Gasteiger charge is 2.48. The maximum Gasteiger partial charge on any atom is 0.392 e. The van der Waals surface area contributed by atoms with Gasteiger partial charge in [-0.25, -0.2) is 0 Å². The van der Waals surface area contributed by atoms with Gasteiger partial charge in [0.15, 0.2) is 0 Å². The second-order valence-corrected chi connectivity index (χ2v) is 6.63. The van der Waals surface area contributed by atoms with Crippen molar-refractivity contribution in [2.45, 2.75) is 44.8 Å². The predicted octanol–water partition coefficient (Wildman–Crippen LogP) is 4.69. The number of hydrogen-bond donors (Lipinski definition) is 1. The molecule has 0 bridgehead atoms. The van der Waals surface area contributed by atoms with E-state index in [2.05, 4.69) is 5.32 Å². The molecule has 0 saturated heterocycles. The lowest BCUT2D eigenvalue weighted by atomic mass is 9.74. The van der Waals surface area contributed by atoms with E-state index in [4.69, 9.17) is 0 Å². The molecule has 1 nitrogen and oxygen atoms in total. The molecule has 5 heteroatoms. The average molecular weight is 291 g/mol. The van der Waals surface area contributed by atoms with Crippen LogP contribution in [0.4, 0.5) is 13.2 Å². The molecule has 1 aliphatic carbocycles. The Morgan fingerprint density at radius 1 is 1.26 bits per heavy atom. The molecule has 1 heterocycles. The third-order valence-electron chi connectivity index (χ3n) is 4.05. The van der Waals surface area contributed by atoms with Crippen LogP contribution < -0.4 is 5.32 Å². The molecule has 0 spiro atoms. The summed E-state index contributed by atoms with van der Waals surface area (Å²) in [4.78, 5) is 2.18. The van der Waals surface area contributed by atoms with Gasteiger partial charge in [-0.3, -0.25) is 0 Å². The van der Waals surface area contributed by atoms with Crippen LogP contribution in [0.1, 0.15) is 41.5 Å². The van der Waals surface area contributed by atoms with Crippen molar-refractivity contribution in [3.05, 3.63) is 21.9 Å². The summed E-state index contributed by atoms with van der Waals surface area (Å²) in [6.45, 7) is 1.99. The van der Waals surface area contributed by atoms with E-state index in [0.29, 0.717) is 12.8 Å². The minimum atomic E-state index is -4.08. The topological polar surface area (TPSA) is 12.0 Å². The molecule has 0 aromatic carbocycles. The zero-order chi connectivity index (χ0) is 14.0. The number of rotatable bonds is 3. The Kier molecular flexibility index (Phi) is 4.56. The molecule has 108 valence electrons. The zero-order valence-electron chi connectivity index (χ0n) is 11.3. The molecule has 1 fully saturated rings. The van der Waals surface area contributed by atoms with Crippen LogP contribution >= 0.6 is 11.3 Å². The summed E-state index contributed by atoms with van der Waals surface area (Å²) >= 11 is 1.60. The summed E-state index contributed by atoms with van der Waals surface area (Å²) in [6, 6.07) is 3.77. The maximum absolute atomic E-state index is 13.2. The summed E-state index contributed by atoms with van der Waals surface area (Å²) in [6.07, 6.45) is -1.55. The Morgan fingerprint density at radius 2 is 1.95 bits per heavy atom. The molecule has 1 aromatic rings. The lowest BCUT2D eigenvalue weighted by Gasteiger charge is -2.37. The number of alkyl halides is 3. The van der Waals surface area contributed by atoms with Gasteiger partial charge in [0, 0.05) is 15.8 Å². The van der Waals surface area contributed by atoms with E-state index >= 15 is 0 Å². The molecule has 0 amide bonds. The van der Waals surface area contributed by atoms with E-state index < -0.39 is 12.1 Å². The van der Waals surface area contributed by atoms with Gasteiger partial charge in [-0.15, -0.1) is 11.3 Å².